The van der Waals surface area contributed by atoms with Crippen molar-refractivity contribution in [1.29, 1.82) is 0 Å². The standard InChI is InChI=1S/C12H20N2/c1-2-12(13)8-9-14-10-11-6-4-3-5-7-11/h3-7,12,14H,2,8-10,13H2,1H3. The van der Waals surface area contributed by atoms with E-state index in [4.69, 9.17) is 5.73 Å². The number of nitrogens with two attached hydrogens (primary N) is 1. The van der Waals surface area contributed by atoms with Gasteiger partial charge < -0.3 is 11.1 Å². The number of nitrogens with one attached hydrogen (secondary N) is 1. The van der Waals surface area contributed by atoms with Gasteiger partial charge in [-0.2, -0.15) is 0 Å². The fourth-order valence-corrected chi connectivity index (χ4v) is 1.32. The molecule has 1 rings (SSSR count). The van der Waals surface area contributed by atoms with E-state index in [1.165, 1.54) is 5.56 Å². The van der Waals surface area contributed by atoms with Crippen molar-refractivity contribution >= 4 is 0 Å². The highest BCUT2D eigenvalue weighted by molar-refractivity contribution is 5.14. The molecule has 2 nitrogen and oxygen atoms in total. The van der Waals surface area contributed by atoms with Gasteiger partial charge in [0.1, 0.15) is 0 Å². The molecule has 0 heterocycles. The van der Waals surface area contributed by atoms with Crippen LogP contribution in [0.1, 0.15) is 25.3 Å². The van der Waals surface area contributed by atoms with Crippen molar-refractivity contribution in [3.8, 4) is 0 Å². The van der Waals surface area contributed by atoms with Gasteiger partial charge in [0.2, 0.25) is 0 Å². The molecule has 0 aliphatic rings. The van der Waals surface area contributed by atoms with Gasteiger partial charge in [-0.05, 0) is 24.9 Å². The van der Waals surface area contributed by atoms with Gasteiger partial charge in [0.05, 0.1) is 0 Å². The van der Waals surface area contributed by atoms with Crippen LogP contribution >= 0.6 is 0 Å². The second kappa shape index (κ2) is 6.57. The molecule has 0 bridgehead atoms. The van der Waals surface area contributed by atoms with Crippen molar-refractivity contribution in [3.05, 3.63) is 35.9 Å². The van der Waals surface area contributed by atoms with Crippen molar-refractivity contribution < 1.29 is 0 Å². The largest absolute Gasteiger partial charge is 0.328 e. The van der Waals surface area contributed by atoms with Crippen molar-refractivity contribution in [2.45, 2.75) is 32.4 Å². The molecule has 0 aliphatic carbocycles. The molecule has 0 saturated carbocycles. The first kappa shape index (κ1) is 11.2. The minimum atomic E-state index is 0.346. The molecular weight excluding hydrogens is 172 g/mol. The Labute approximate surface area is 86.5 Å². The molecule has 0 amide bonds. The summed E-state index contributed by atoms with van der Waals surface area (Å²) < 4.78 is 0. The molecule has 1 aromatic rings. The topological polar surface area (TPSA) is 38.0 Å². The summed E-state index contributed by atoms with van der Waals surface area (Å²) in [5, 5.41) is 3.39. The summed E-state index contributed by atoms with van der Waals surface area (Å²) in [7, 11) is 0. The molecule has 14 heavy (non-hydrogen) atoms. The summed E-state index contributed by atoms with van der Waals surface area (Å²) in [4.78, 5) is 0. The summed E-state index contributed by atoms with van der Waals surface area (Å²) in [6.07, 6.45) is 2.12. The third-order valence-corrected chi connectivity index (χ3v) is 2.39. The van der Waals surface area contributed by atoms with Crippen molar-refractivity contribution in [2.24, 2.45) is 5.73 Å². The fraction of sp³-hybridized carbons (Fsp3) is 0.500. The van der Waals surface area contributed by atoms with E-state index in [1.807, 2.05) is 6.07 Å². The van der Waals surface area contributed by atoms with Crippen LogP contribution in [-0.4, -0.2) is 12.6 Å². The Hall–Kier alpha value is -0.860. The molecule has 2 heteroatoms. The van der Waals surface area contributed by atoms with E-state index in [-0.39, 0.29) is 0 Å². The maximum atomic E-state index is 5.81. The van der Waals surface area contributed by atoms with Gasteiger partial charge in [-0.3, -0.25) is 0 Å². The van der Waals surface area contributed by atoms with E-state index >= 15 is 0 Å². The smallest absolute Gasteiger partial charge is 0.0205 e. The highest BCUT2D eigenvalue weighted by Crippen LogP contribution is 1.97. The lowest BCUT2D eigenvalue weighted by Crippen LogP contribution is -2.25. The Morgan fingerprint density at radius 1 is 1.29 bits per heavy atom. The number of hydrogen-bond donors (Lipinski definition) is 2. The Balaban J connectivity index is 2.10. The first-order valence-electron chi connectivity index (χ1n) is 5.33. The SMILES string of the molecule is CCC(N)CCNCc1ccccc1. The van der Waals surface area contributed by atoms with Crippen molar-refractivity contribution in [1.82, 2.24) is 5.32 Å². The Bertz CT molecular complexity index is 233. The normalized spacial score (nSPS) is 12.7. The van der Waals surface area contributed by atoms with E-state index in [0.717, 1.165) is 25.9 Å². The lowest BCUT2D eigenvalue weighted by molar-refractivity contribution is 0.549. The summed E-state index contributed by atoms with van der Waals surface area (Å²) in [6, 6.07) is 10.8. The van der Waals surface area contributed by atoms with Crippen molar-refractivity contribution in [3.63, 3.8) is 0 Å². The zero-order valence-electron chi connectivity index (χ0n) is 8.87. The minimum absolute atomic E-state index is 0.346. The van der Waals surface area contributed by atoms with E-state index in [9.17, 15) is 0 Å². The summed E-state index contributed by atoms with van der Waals surface area (Å²) in [6.45, 7) is 4.07. The van der Waals surface area contributed by atoms with Crippen LogP contribution in [0, 0.1) is 0 Å². The maximum Gasteiger partial charge on any atom is 0.0205 e. The molecule has 0 aromatic heterocycles. The molecule has 78 valence electrons. The van der Waals surface area contributed by atoms with E-state index in [2.05, 4.69) is 36.5 Å². The highest BCUT2D eigenvalue weighted by Gasteiger charge is 1.97. The molecule has 1 atom stereocenters. The lowest BCUT2D eigenvalue weighted by Gasteiger charge is -2.09. The summed E-state index contributed by atoms with van der Waals surface area (Å²) in [5.74, 6) is 0. The molecule has 1 aromatic carbocycles. The third-order valence-electron chi connectivity index (χ3n) is 2.39. The zero-order chi connectivity index (χ0) is 10.2. The maximum absolute atomic E-state index is 5.81. The van der Waals surface area contributed by atoms with Crippen LogP contribution in [-0.2, 0) is 6.54 Å². The van der Waals surface area contributed by atoms with Gasteiger partial charge in [0.25, 0.3) is 0 Å². The van der Waals surface area contributed by atoms with Crippen LogP contribution in [0.3, 0.4) is 0 Å². The van der Waals surface area contributed by atoms with Gasteiger partial charge >= 0.3 is 0 Å². The number of rotatable bonds is 6. The van der Waals surface area contributed by atoms with Crippen LogP contribution < -0.4 is 11.1 Å². The summed E-state index contributed by atoms with van der Waals surface area (Å²) >= 11 is 0. The van der Waals surface area contributed by atoms with Gasteiger partial charge in [0, 0.05) is 12.6 Å². The molecule has 3 N–H and O–H groups in total. The van der Waals surface area contributed by atoms with Crippen LogP contribution in [0.15, 0.2) is 30.3 Å². The Morgan fingerprint density at radius 3 is 2.64 bits per heavy atom. The average molecular weight is 192 g/mol. The predicted octanol–water partition coefficient (Wildman–Crippen LogP) is 1.90. The monoisotopic (exact) mass is 192 g/mol. The summed E-state index contributed by atoms with van der Waals surface area (Å²) in [5.41, 5.74) is 7.14. The van der Waals surface area contributed by atoms with Gasteiger partial charge in [-0.1, -0.05) is 37.3 Å². The van der Waals surface area contributed by atoms with Crippen LogP contribution in [0.2, 0.25) is 0 Å². The number of benzene rings is 1. The van der Waals surface area contributed by atoms with E-state index in [0.29, 0.717) is 6.04 Å². The Kier molecular flexibility index (Phi) is 5.27. The Morgan fingerprint density at radius 2 is 2.00 bits per heavy atom. The molecule has 0 saturated heterocycles. The second-order valence-corrected chi connectivity index (χ2v) is 3.62. The van der Waals surface area contributed by atoms with Crippen LogP contribution in [0.25, 0.3) is 0 Å². The second-order valence-electron chi connectivity index (χ2n) is 3.62. The molecule has 0 aliphatic heterocycles. The van der Waals surface area contributed by atoms with Crippen LogP contribution in [0.5, 0.6) is 0 Å². The van der Waals surface area contributed by atoms with Crippen molar-refractivity contribution in [2.75, 3.05) is 6.54 Å². The molecular formula is C12H20N2. The zero-order valence-corrected chi connectivity index (χ0v) is 8.87. The van der Waals surface area contributed by atoms with Gasteiger partial charge in [0.15, 0.2) is 0 Å². The first-order valence-corrected chi connectivity index (χ1v) is 5.33. The highest BCUT2D eigenvalue weighted by atomic mass is 14.9. The quantitative estimate of drug-likeness (QED) is 0.676. The first-order chi connectivity index (χ1) is 6.83. The molecule has 1 unspecified atom stereocenters. The predicted molar refractivity (Wildman–Crippen MR) is 61.0 cm³/mol. The van der Waals surface area contributed by atoms with E-state index < -0.39 is 0 Å². The lowest BCUT2D eigenvalue weighted by atomic mass is 10.1. The molecule has 0 fully saturated rings. The minimum Gasteiger partial charge on any atom is -0.328 e. The fourth-order valence-electron chi connectivity index (χ4n) is 1.32. The third kappa shape index (κ3) is 4.40. The molecule has 0 radical (unpaired) electrons. The van der Waals surface area contributed by atoms with Gasteiger partial charge in [-0.15, -0.1) is 0 Å². The number of hydrogen-bond acceptors (Lipinski definition) is 2. The van der Waals surface area contributed by atoms with Crippen LogP contribution in [0.4, 0.5) is 0 Å². The molecule has 0 spiro atoms. The van der Waals surface area contributed by atoms with Gasteiger partial charge in [-0.25, -0.2) is 0 Å². The average Bonchev–Trinajstić information content (AvgIpc) is 2.25. The van der Waals surface area contributed by atoms with E-state index in [1.54, 1.807) is 0 Å².